The number of nitrogens with zero attached hydrogens (tertiary/aromatic N) is 1. The average Bonchev–Trinajstić information content (AvgIpc) is 2.38. The Labute approximate surface area is 116 Å². The van der Waals surface area contributed by atoms with Crippen molar-refractivity contribution >= 4 is 0 Å². The maximum absolute atomic E-state index is 2.66. The molecule has 0 unspecified atom stereocenters. The van der Waals surface area contributed by atoms with E-state index in [1.165, 1.54) is 64.6 Å². The van der Waals surface area contributed by atoms with Crippen LogP contribution in [0.1, 0.15) is 79.6 Å². The first-order valence-corrected chi connectivity index (χ1v) is 8.44. The standard InChI is InChI=1S/C15H31N.C2H6/c1-4-5-6-7-8-15-9-11-16(12-10-15)13-14(2)3;1-2/h14-15H,4-13H2,1-3H3;1-2H3. The maximum atomic E-state index is 2.66. The second-order valence-electron chi connectivity index (χ2n) is 5.99. The summed E-state index contributed by atoms with van der Waals surface area (Å²) in [5.74, 6) is 1.88. The summed E-state index contributed by atoms with van der Waals surface area (Å²) in [6.45, 7) is 15.0. The average molecular weight is 255 g/mol. The van der Waals surface area contributed by atoms with E-state index < -0.39 is 0 Å². The molecule has 0 aliphatic carbocycles. The quantitative estimate of drug-likeness (QED) is 0.554. The molecule has 1 aliphatic rings. The Balaban J connectivity index is 0.00000137. The number of hydrogen-bond acceptors (Lipinski definition) is 1. The van der Waals surface area contributed by atoms with Crippen LogP contribution in [-0.2, 0) is 0 Å². The van der Waals surface area contributed by atoms with Gasteiger partial charge in [0, 0.05) is 6.54 Å². The van der Waals surface area contributed by atoms with Crippen LogP contribution in [-0.4, -0.2) is 24.5 Å². The monoisotopic (exact) mass is 255 g/mol. The molecule has 18 heavy (non-hydrogen) atoms. The van der Waals surface area contributed by atoms with E-state index in [1.807, 2.05) is 13.8 Å². The fourth-order valence-electron chi connectivity index (χ4n) is 2.83. The van der Waals surface area contributed by atoms with Gasteiger partial charge in [-0.25, -0.2) is 0 Å². The maximum Gasteiger partial charge on any atom is 0.000439 e. The van der Waals surface area contributed by atoms with E-state index in [-0.39, 0.29) is 0 Å². The van der Waals surface area contributed by atoms with E-state index in [9.17, 15) is 0 Å². The SMILES string of the molecule is CC.CCCCCCC1CCN(CC(C)C)CC1. The highest BCUT2D eigenvalue weighted by molar-refractivity contribution is 4.72. The predicted octanol–water partition coefficient (Wildman–Crippen LogP) is 5.35. The zero-order chi connectivity index (χ0) is 13.8. The van der Waals surface area contributed by atoms with Crippen molar-refractivity contribution in [3.05, 3.63) is 0 Å². The van der Waals surface area contributed by atoms with Gasteiger partial charge in [-0.05, 0) is 37.8 Å². The molecule has 0 aromatic carbocycles. The summed E-state index contributed by atoms with van der Waals surface area (Å²) in [5.41, 5.74) is 0. The molecule has 1 heteroatoms. The Hall–Kier alpha value is -0.0400. The first kappa shape index (κ1) is 18.0. The van der Waals surface area contributed by atoms with Crippen molar-refractivity contribution in [2.24, 2.45) is 11.8 Å². The number of unbranched alkanes of at least 4 members (excludes halogenated alkanes) is 3. The van der Waals surface area contributed by atoms with E-state index in [4.69, 9.17) is 0 Å². The van der Waals surface area contributed by atoms with E-state index in [1.54, 1.807) is 0 Å². The highest BCUT2D eigenvalue weighted by atomic mass is 15.1. The van der Waals surface area contributed by atoms with Gasteiger partial charge in [0.1, 0.15) is 0 Å². The van der Waals surface area contributed by atoms with Gasteiger partial charge in [-0.3, -0.25) is 0 Å². The molecule has 0 N–H and O–H groups in total. The molecule has 0 bridgehead atoms. The lowest BCUT2D eigenvalue weighted by Gasteiger charge is -2.33. The van der Waals surface area contributed by atoms with Crippen LogP contribution in [0.2, 0.25) is 0 Å². The number of likely N-dealkylation sites (tertiary alicyclic amines) is 1. The zero-order valence-corrected chi connectivity index (χ0v) is 13.7. The molecule has 1 heterocycles. The molecule has 110 valence electrons. The summed E-state index contributed by atoms with van der Waals surface area (Å²) in [7, 11) is 0. The van der Waals surface area contributed by atoms with Crippen LogP contribution >= 0.6 is 0 Å². The molecule has 1 saturated heterocycles. The van der Waals surface area contributed by atoms with Gasteiger partial charge in [0.05, 0.1) is 0 Å². The Morgan fingerprint density at radius 2 is 1.61 bits per heavy atom. The van der Waals surface area contributed by atoms with Crippen molar-refractivity contribution in [3.8, 4) is 0 Å². The van der Waals surface area contributed by atoms with Crippen LogP contribution in [0.4, 0.5) is 0 Å². The molecule has 1 aliphatic heterocycles. The van der Waals surface area contributed by atoms with Crippen molar-refractivity contribution in [1.82, 2.24) is 4.90 Å². The lowest BCUT2D eigenvalue weighted by molar-refractivity contribution is 0.162. The Morgan fingerprint density at radius 3 is 2.11 bits per heavy atom. The Kier molecular flexibility index (Phi) is 12.0. The van der Waals surface area contributed by atoms with Crippen molar-refractivity contribution in [1.29, 1.82) is 0 Å². The molecule has 0 saturated carbocycles. The van der Waals surface area contributed by atoms with Crippen LogP contribution in [0.5, 0.6) is 0 Å². The Bertz CT molecular complexity index is 157. The molecule has 0 spiro atoms. The molecule has 1 nitrogen and oxygen atoms in total. The van der Waals surface area contributed by atoms with Crippen LogP contribution in [0.25, 0.3) is 0 Å². The van der Waals surface area contributed by atoms with Crippen LogP contribution in [0.15, 0.2) is 0 Å². The summed E-state index contributed by atoms with van der Waals surface area (Å²) in [6.07, 6.45) is 10.2. The van der Waals surface area contributed by atoms with E-state index >= 15 is 0 Å². The second kappa shape index (κ2) is 12.0. The van der Waals surface area contributed by atoms with Gasteiger partial charge in [0.25, 0.3) is 0 Å². The van der Waals surface area contributed by atoms with Crippen LogP contribution < -0.4 is 0 Å². The van der Waals surface area contributed by atoms with Gasteiger partial charge >= 0.3 is 0 Å². The predicted molar refractivity (Wildman–Crippen MR) is 84.1 cm³/mol. The third-order valence-electron chi connectivity index (χ3n) is 3.80. The van der Waals surface area contributed by atoms with Crippen LogP contribution in [0, 0.1) is 11.8 Å². The summed E-state index contributed by atoms with van der Waals surface area (Å²) < 4.78 is 0. The van der Waals surface area contributed by atoms with E-state index in [2.05, 4.69) is 25.7 Å². The summed E-state index contributed by atoms with van der Waals surface area (Å²) in [5, 5.41) is 0. The smallest absolute Gasteiger partial charge is 0.000439 e. The minimum atomic E-state index is 0.834. The van der Waals surface area contributed by atoms with Gasteiger partial charge < -0.3 is 4.90 Å². The molecule has 0 aromatic rings. The lowest BCUT2D eigenvalue weighted by Crippen LogP contribution is -2.36. The van der Waals surface area contributed by atoms with Gasteiger partial charge in [-0.1, -0.05) is 66.7 Å². The third kappa shape index (κ3) is 8.97. The van der Waals surface area contributed by atoms with Crippen molar-refractivity contribution in [2.45, 2.75) is 79.6 Å². The highest BCUT2D eigenvalue weighted by Gasteiger charge is 2.18. The number of rotatable bonds is 7. The first-order valence-electron chi connectivity index (χ1n) is 8.44. The molecular weight excluding hydrogens is 218 g/mol. The molecule has 1 rings (SSSR count). The van der Waals surface area contributed by atoms with Gasteiger partial charge in [0.2, 0.25) is 0 Å². The molecule has 0 aromatic heterocycles. The zero-order valence-electron chi connectivity index (χ0n) is 13.7. The summed E-state index contributed by atoms with van der Waals surface area (Å²) in [4.78, 5) is 2.66. The molecule has 0 amide bonds. The molecular formula is C17H37N. The Morgan fingerprint density at radius 1 is 1.00 bits per heavy atom. The molecule has 1 fully saturated rings. The highest BCUT2D eigenvalue weighted by Crippen LogP contribution is 2.23. The summed E-state index contributed by atoms with van der Waals surface area (Å²) >= 11 is 0. The minimum Gasteiger partial charge on any atom is -0.303 e. The molecule has 0 radical (unpaired) electrons. The third-order valence-corrected chi connectivity index (χ3v) is 3.80. The fraction of sp³-hybridized carbons (Fsp3) is 1.00. The van der Waals surface area contributed by atoms with Gasteiger partial charge in [-0.2, -0.15) is 0 Å². The lowest BCUT2D eigenvalue weighted by atomic mass is 9.91. The van der Waals surface area contributed by atoms with Crippen molar-refractivity contribution in [2.75, 3.05) is 19.6 Å². The number of hydrogen-bond donors (Lipinski definition) is 0. The largest absolute Gasteiger partial charge is 0.303 e. The van der Waals surface area contributed by atoms with Crippen molar-refractivity contribution in [3.63, 3.8) is 0 Å². The van der Waals surface area contributed by atoms with Gasteiger partial charge in [-0.15, -0.1) is 0 Å². The minimum absolute atomic E-state index is 0.834. The number of piperidine rings is 1. The fourth-order valence-corrected chi connectivity index (χ4v) is 2.83. The van der Waals surface area contributed by atoms with Gasteiger partial charge in [0.15, 0.2) is 0 Å². The summed E-state index contributed by atoms with van der Waals surface area (Å²) in [6, 6.07) is 0. The van der Waals surface area contributed by atoms with Crippen molar-refractivity contribution < 1.29 is 0 Å². The second-order valence-corrected chi connectivity index (χ2v) is 5.99. The first-order chi connectivity index (χ1) is 8.72. The topological polar surface area (TPSA) is 3.24 Å². The van der Waals surface area contributed by atoms with Crippen LogP contribution in [0.3, 0.4) is 0 Å². The van der Waals surface area contributed by atoms with E-state index in [0.29, 0.717) is 0 Å². The molecule has 0 atom stereocenters. The van der Waals surface area contributed by atoms with E-state index in [0.717, 1.165) is 11.8 Å². The normalized spacial score (nSPS) is 17.7.